The molecule has 2 aromatic rings. The third kappa shape index (κ3) is 3.47. The Hall–Kier alpha value is -2.09. The number of hydrogen-bond donors (Lipinski definition) is 1. The fourth-order valence-electron chi connectivity index (χ4n) is 2.38. The number of carboxylic acid groups (broad SMARTS) is 1. The minimum absolute atomic E-state index is 0.423. The van der Waals surface area contributed by atoms with E-state index in [2.05, 4.69) is 37.3 Å². The first-order valence-corrected chi connectivity index (χ1v) is 6.94. The van der Waals surface area contributed by atoms with Crippen LogP contribution in [0.1, 0.15) is 42.4 Å². The summed E-state index contributed by atoms with van der Waals surface area (Å²) in [5, 5.41) is 9.09. The molecule has 20 heavy (non-hydrogen) atoms. The first-order valence-electron chi connectivity index (χ1n) is 6.94. The summed E-state index contributed by atoms with van der Waals surface area (Å²) in [4.78, 5) is 11.1. The van der Waals surface area contributed by atoms with Crippen molar-refractivity contribution in [3.63, 3.8) is 0 Å². The van der Waals surface area contributed by atoms with Crippen molar-refractivity contribution in [2.24, 2.45) is 0 Å². The lowest BCUT2D eigenvalue weighted by molar-refractivity contribution is -0.138. The number of carbonyl (C=O) groups is 1. The second-order valence-corrected chi connectivity index (χ2v) is 5.32. The van der Waals surface area contributed by atoms with Crippen LogP contribution in [0.5, 0.6) is 0 Å². The van der Waals surface area contributed by atoms with Crippen LogP contribution >= 0.6 is 0 Å². The molecule has 2 aromatic carbocycles. The zero-order chi connectivity index (χ0) is 14.5. The van der Waals surface area contributed by atoms with E-state index in [4.69, 9.17) is 5.11 Å². The molecule has 0 spiro atoms. The highest BCUT2D eigenvalue weighted by Crippen LogP contribution is 2.23. The Morgan fingerprint density at radius 2 is 1.65 bits per heavy atom. The molecule has 0 amide bonds. The van der Waals surface area contributed by atoms with Gasteiger partial charge in [0.15, 0.2) is 0 Å². The molecule has 0 aromatic heterocycles. The normalized spacial score (nSPS) is 13.7. The van der Waals surface area contributed by atoms with Gasteiger partial charge in [-0.2, -0.15) is 0 Å². The SMILES string of the molecule is CC(Cc1cccc(C(C)C(=O)O)c1)c1ccccc1. The molecule has 2 nitrogen and oxygen atoms in total. The molecule has 0 heterocycles. The Balaban J connectivity index is 2.14. The molecule has 2 unspecified atom stereocenters. The van der Waals surface area contributed by atoms with Crippen LogP contribution in [0, 0.1) is 0 Å². The van der Waals surface area contributed by atoms with E-state index in [1.807, 2.05) is 24.3 Å². The molecule has 0 radical (unpaired) electrons. The van der Waals surface area contributed by atoms with Crippen molar-refractivity contribution in [3.05, 3.63) is 71.3 Å². The maximum atomic E-state index is 11.1. The van der Waals surface area contributed by atoms with E-state index >= 15 is 0 Å². The smallest absolute Gasteiger partial charge is 0.310 e. The zero-order valence-electron chi connectivity index (χ0n) is 11.9. The second kappa shape index (κ2) is 6.38. The van der Waals surface area contributed by atoms with Crippen molar-refractivity contribution in [1.29, 1.82) is 0 Å². The summed E-state index contributed by atoms with van der Waals surface area (Å²) in [6.07, 6.45) is 0.921. The number of rotatable bonds is 5. The lowest BCUT2D eigenvalue weighted by Gasteiger charge is -2.14. The Bertz CT molecular complexity index is 575. The van der Waals surface area contributed by atoms with Crippen LogP contribution in [-0.4, -0.2) is 11.1 Å². The largest absolute Gasteiger partial charge is 0.481 e. The van der Waals surface area contributed by atoms with Crippen LogP contribution in [0.4, 0.5) is 0 Å². The molecule has 0 bridgehead atoms. The van der Waals surface area contributed by atoms with E-state index in [-0.39, 0.29) is 0 Å². The topological polar surface area (TPSA) is 37.3 Å². The monoisotopic (exact) mass is 268 g/mol. The second-order valence-electron chi connectivity index (χ2n) is 5.32. The van der Waals surface area contributed by atoms with Crippen molar-refractivity contribution in [2.45, 2.75) is 32.1 Å². The zero-order valence-corrected chi connectivity index (χ0v) is 11.9. The Morgan fingerprint density at radius 1 is 1.00 bits per heavy atom. The van der Waals surface area contributed by atoms with Gasteiger partial charge in [-0.3, -0.25) is 4.79 Å². The molecule has 2 rings (SSSR count). The van der Waals surface area contributed by atoms with Crippen molar-refractivity contribution < 1.29 is 9.90 Å². The van der Waals surface area contributed by atoms with Gasteiger partial charge in [0.25, 0.3) is 0 Å². The standard InChI is InChI=1S/C18H20O2/c1-13(16-8-4-3-5-9-16)11-15-7-6-10-17(12-15)14(2)18(19)20/h3-10,12-14H,11H2,1-2H3,(H,19,20). The lowest BCUT2D eigenvalue weighted by atomic mass is 9.91. The van der Waals surface area contributed by atoms with Gasteiger partial charge in [0.05, 0.1) is 5.92 Å². The first kappa shape index (κ1) is 14.3. The minimum Gasteiger partial charge on any atom is -0.481 e. The molecule has 0 saturated heterocycles. The number of aliphatic carboxylic acids is 1. The maximum Gasteiger partial charge on any atom is 0.310 e. The molecule has 0 aliphatic carbocycles. The van der Waals surface area contributed by atoms with E-state index in [0.29, 0.717) is 5.92 Å². The van der Waals surface area contributed by atoms with Crippen molar-refractivity contribution in [2.75, 3.05) is 0 Å². The average Bonchev–Trinajstić information content (AvgIpc) is 2.47. The van der Waals surface area contributed by atoms with Gasteiger partial charge in [0.1, 0.15) is 0 Å². The van der Waals surface area contributed by atoms with Crippen LogP contribution in [0.25, 0.3) is 0 Å². The van der Waals surface area contributed by atoms with Gasteiger partial charge in [-0.25, -0.2) is 0 Å². The maximum absolute atomic E-state index is 11.1. The summed E-state index contributed by atoms with van der Waals surface area (Å²) < 4.78 is 0. The first-order chi connectivity index (χ1) is 9.58. The van der Waals surface area contributed by atoms with Crippen LogP contribution in [0.15, 0.2) is 54.6 Å². The van der Waals surface area contributed by atoms with Crippen molar-refractivity contribution in [1.82, 2.24) is 0 Å². The van der Waals surface area contributed by atoms with Crippen molar-refractivity contribution >= 4 is 5.97 Å². The van der Waals surface area contributed by atoms with Crippen LogP contribution in [-0.2, 0) is 11.2 Å². The van der Waals surface area contributed by atoms with E-state index < -0.39 is 11.9 Å². The quantitative estimate of drug-likeness (QED) is 0.881. The van der Waals surface area contributed by atoms with E-state index in [9.17, 15) is 4.79 Å². The van der Waals surface area contributed by atoms with Crippen molar-refractivity contribution in [3.8, 4) is 0 Å². The highest BCUT2D eigenvalue weighted by Gasteiger charge is 2.14. The van der Waals surface area contributed by atoms with Gasteiger partial charge in [-0.15, -0.1) is 0 Å². The van der Waals surface area contributed by atoms with Gasteiger partial charge in [-0.1, -0.05) is 61.5 Å². The van der Waals surface area contributed by atoms with Crippen LogP contribution in [0.2, 0.25) is 0 Å². The average molecular weight is 268 g/mol. The highest BCUT2D eigenvalue weighted by molar-refractivity contribution is 5.75. The van der Waals surface area contributed by atoms with E-state index in [1.54, 1.807) is 6.92 Å². The predicted molar refractivity (Wildman–Crippen MR) is 81.1 cm³/mol. The Kier molecular flexibility index (Phi) is 4.57. The molecule has 1 N–H and O–H groups in total. The van der Waals surface area contributed by atoms with E-state index in [1.165, 1.54) is 11.1 Å². The predicted octanol–water partition coefficient (Wildman–Crippen LogP) is 4.22. The van der Waals surface area contributed by atoms with Gasteiger partial charge in [0.2, 0.25) is 0 Å². The number of hydrogen-bond acceptors (Lipinski definition) is 1. The molecular formula is C18H20O2. The molecule has 2 atom stereocenters. The summed E-state index contributed by atoms with van der Waals surface area (Å²) in [7, 11) is 0. The molecule has 0 fully saturated rings. The molecule has 2 heteroatoms. The highest BCUT2D eigenvalue weighted by atomic mass is 16.4. The van der Waals surface area contributed by atoms with Gasteiger partial charge in [0, 0.05) is 0 Å². The summed E-state index contributed by atoms with van der Waals surface area (Å²) in [6.45, 7) is 3.92. The molecular weight excluding hydrogens is 248 g/mol. The van der Waals surface area contributed by atoms with Crippen LogP contribution in [0.3, 0.4) is 0 Å². The fraction of sp³-hybridized carbons (Fsp3) is 0.278. The summed E-state index contributed by atoms with van der Waals surface area (Å²) >= 11 is 0. The molecule has 0 saturated carbocycles. The summed E-state index contributed by atoms with van der Waals surface area (Å²) in [5.41, 5.74) is 3.37. The van der Waals surface area contributed by atoms with Gasteiger partial charge in [-0.05, 0) is 36.0 Å². The minimum atomic E-state index is -0.779. The number of carboxylic acids is 1. The van der Waals surface area contributed by atoms with Gasteiger partial charge >= 0.3 is 5.97 Å². The number of benzene rings is 2. The van der Waals surface area contributed by atoms with Crippen LogP contribution < -0.4 is 0 Å². The lowest BCUT2D eigenvalue weighted by Crippen LogP contribution is -2.08. The summed E-state index contributed by atoms with van der Waals surface area (Å²) in [5.74, 6) is -0.813. The molecule has 0 aliphatic rings. The fourth-order valence-corrected chi connectivity index (χ4v) is 2.38. The van der Waals surface area contributed by atoms with E-state index in [0.717, 1.165) is 12.0 Å². The third-order valence-corrected chi connectivity index (χ3v) is 3.73. The molecule has 104 valence electrons. The van der Waals surface area contributed by atoms with Gasteiger partial charge < -0.3 is 5.11 Å². The molecule has 0 aliphatic heterocycles. The Morgan fingerprint density at radius 3 is 2.30 bits per heavy atom. The Labute approximate surface area is 120 Å². The third-order valence-electron chi connectivity index (χ3n) is 3.73. The summed E-state index contributed by atoms with van der Waals surface area (Å²) in [6, 6.07) is 18.3.